The maximum Gasteiger partial charge on any atom is 0.121 e. The van der Waals surface area contributed by atoms with Crippen LogP contribution in [0.3, 0.4) is 0 Å². The van der Waals surface area contributed by atoms with Crippen molar-refractivity contribution in [3.8, 4) is 5.75 Å². The highest BCUT2D eigenvalue weighted by Crippen LogP contribution is 2.32. The molecule has 2 bridgehead atoms. The first-order chi connectivity index (χ1) is 11.9. The number of aromatic amines is 1. The van der Waals surface area contributed by atoms with Crippen molar-refractivity contribution in [2.24, 2.45) is 5.92 Å². The monoisotopic (exact) mass is 318 g/mol. The lowest BCUT2D eigenvalue weighted by atomic mass is 9.84. The van der Waals surface area contributed by atoms with Gasteiger partial charge < -0.3 is 9.72 Å². The highest BCUT2D eigenvalue weighted by molar-refractivity contribution is 6.07. The quantitative estimate of drug-likeness (QED) is 0.727. The normalized spacial score (nSPS) is 24.9. The molecule has 0 aliphatic carbocycles. The van der Waals surface area contributed by atoms with Crippen LogP contribution in [0, 0.1) is 5.92 Å². The van der Waals surface area contributed by atoms with E-state index in [1.54, 1.807) is 5.57 Å². The predicted octanol–water partition coefficient (Wildman–Crippen LogP) is 4.35. The van der Waals surface area contributed by atoms with Gasteiger partial charge >= 0.3 is 0 Å². The van der Waals surface area contributed by atoms with Crippen LogP contribution in [0.15, 0.2) is 54.1 Å². The number of aromatic nitrogens is 1. The van der Waals surface area contributed by atoms with Gasteiger partial charge in [-0.2, -0.15) is 0 Å². The number of para-hydroxylation sites is 1. The lowest BCUT2D eigenvalue weighted by Gasteiger charge is -2.41. The second-order valence-corrected chi connectivity index (χ2v) is 7.02. The molecule has 3 heteroatoms. The van der Waals surface area contributed by atoms with Gasteiger partial charge in [-0.3, -0.25) is 4.90 Å². The molecule has 0 radical (unpaired) electrons. The topological polar surface area (TPSA) is 28.3 Å². The van der Waals surface area contributed by atoms with Gasteiger partial charge in [0.05, 0.1) is 5.52 Å². The molecule has 122 valence electrons. The van der Waals surface area contributed by atoms with E-state index < -0.39 is 0 Å². The molecule has 0 atom stereocenters. The zero-order chi connectivity index (χ0) is 15.9. The summed E-state index contributed by atoms with van der Waals surface area (Å²) in [4.78, 5) is 6.04. The average Bonchev–Trinajstić information content (AvgIpc) is 3.00. The van der Waals surface area contributed by atoms with E-state index in [0.717, 1.165) is 23.7 Å². The fourth-order valence-corrected chi connectivity index (χ4v) is 4.25. The van der Waals surface area contributed by atoms with Crippen LogP contribution < -0.4 is 4.74 Å². The molecule has 3 aromatic rings. The van der Waals surface area contributed by atoms with Gasteiger partial charge in [0.2, 0.25) is 0 Å². The Morgan fingerprint density at radius 3 is 2.71 bits per heavy atom. The molecule has 0 saturated carbocycles. The molecule has 6 rings (SSSR count). The fourth-order valence-electron chi connectivity index (χ4n) is 4.25. The number of nitrogens with zero attached hydrogens (tertiary/aromatic N) is 1. The van der Waals surface area contributed by atoms with E-state index >= 15 is 0 Å². The number of rotatable bonds is 3. The zero-order valence-corrected chi connectivity index (χ0v) is 13.8. The van der Waals surface area contributed by atoms with Crippen molar-refractivity contribution in [1.82, 2.24) is 9.88 Å². The van der Waals surface area contributed by atoms with E-state index in [4.69, 9.17) is 4.74 Å². The Balaban J connectivity index is 1.35. The van der Waals surface area contributed by atoms with E-state index in [-0.39, 0.29) is 0 Å². The van der Waals surface area contributed by atoms with Crippen LogP contribution in [0.1, 0.15) is 12.8 Å². The molecule has 1 N–H and O–H groups in total. The molecular weight excluding hydrogens is 296 g/mol. The Morgan fingerprint density at radius 1 is 1.04 bits per heavy atom. The van der Waals surface area contributed by atoms with Crippen molar-refractivity contribution in [2.45, 2.75) is 12.8 Å². The number of benzene rings is 2. The highest BCUT2D eigenvalue weighted by atomic mass is 16.5. The van der Waals surface area contributed by atoms with E-state index in [1.165, 1.54) is 42.2 Å². The van der Waals surface area contributed by atoms with Gasteiger partial charge in [-0.05, 0) is 56.1 Å². The SMILES string of the molecule is C(/COc1ccc2c(c1)[nH]c1ccccc12)=C1/CN2CCC1CC2. The summed E-state index contributed by atoms with van der Waals surface area (Å²) in [6.45, 7) is 4.38. The first kappa shape index (κ1) is 14.1. The van der Waals surface area contributed by atoms with Gasteiger partial charge in [0.25, 0.3) is 0 Å². The lowest BCUT2D eigenvalue weighted by molar-refractivity contribution is 0.160. The van der Waals surface area contributed by atoms with Crippen molar-refractivity contribution in [3.63, 3.8) is 0 Å². The molecular formula is C21H22N2O. The van der Waals surface area contributed by atoms with E-state index in [2.05, 4.69) is 58.4 Å². The van der Waals surface area contributed by atoms with Crippen molar-refractivity contribution in [3.05, 3.63) is 54.1 Å². The Bertz CT molecular complexity index is 916. The summed E-state index contributed by atoms with van der Waals surface area (Å²) in [5, 5.41) is 2.53. The molecule has 0 spiro atoms. The number of nitrogens with one attached hydrogen (secondary N) is 1. The minimum atomic E-state index is 0.672. The van der Waals surface area contributed by atoms with Crippen molar-refractivity contribution in [1.29, 1.82) is 0 Å². The average molecular weight is 318 g/mol. The third-order valence-corrected chi connectivity index (χ3v) is 5.59. The van der Waals surface area contributed by atoms with E-state index in [1.807, 2.05) is 0 Å². The largest absolute Gasteiger partial charge is 0.489 e. The summed E-state index contributed by atoms with van der Waals surface area (Å²) in [6.07, 6.45) is 4.96. The van der Waals surface area contributed by atoms with E-state index in [9.17, 15) is 0 Å². The van der Waals surface area contributed by atoms with Crippen molar-refractivity contribution >= 4 is 21.8 Å². The number of H-pyrrole nitrogens is 1. The second kappa shape index (κ2) is 5.67. The summed E-state index contributed by atoms with van der Waals surface area (Å²) in [5.74, 6) is 1.74. The minimum absolute atomic E-state index is 0.672. The van der Waals surface area contributed by atoms with Gasteiger partial charge in [-0.25, -0.2) is 0 Å². The Labute approximate surface area is 141 Å². The molecule has 3 aliphatic rings. The molecule has 3 nitrogen and oxygen atoms in total. The van der Waals surface area contributed by atoms with Crippen LogP contribution in [-0.4, -0.2) is 36.1 Å². The van der Waals surface area contributed by atoms with Crippen LogP contribution in [0.4, 0.5) is 0 Å². The fraction of sp³-hybridized carbons (Fsp3) is 0.333. The number of piperidine rings is 3. The Hall–Kier alpha value is -2.26. The third kappa shape index (κ3) is 2.40. The summed E-state index contributed by atoms with van der Waals surface area (Å²) in [5.41, 5.74) is 3.91. The molecule has 3 fully saturated rings. The third-order valence-electron chi connectivity index (χ3n) is 5.59. The van der Waals surface area contributed by atoms with Crippen LogP contribution in [0.25, 0.3) is 21.8 Å². The molecule has 0 unspecified atom stereocenters. The van der Waals surface area contributed by atoms with Crippen LogP contribution in [0.2, 0.25) is 0 Å². The summed E-state index contributed by atoms with van der Waals surface area (Å²) >= 11 is 0. The summed E-state index contributed by atoms with van der Waals surface area (Å²) in [7, 11) is 0. The molecule has 24 heavy (non-hydrogen) atoms. The van der Waals surface area contributed by atoms with Gasteiger partial charge in [0.1, 0.15) is 12.4 Å². The Morgan fingerprint density at radius 2 is 1.88 bits per heavy atom. The molecule has 2 aromatic carbocycles. The van der Waals surface area contributed by atoms with Crippen LogP contribution in [-0.2, 0) is 0 Å². The van der Waals surface area contributed by atoms with Gasteiger partial charge in [-0.1, -0.05) is 23.8 Å². The predicted molar refractivity (Wildman–Crippen MR) is 98.5 cm³/mol. The Kier molecular flexibility index (Phi) is 3.34. The van der Waals surface area contributed by atoms with E-state index in [0.29, 0.717) is 6.61 Å². The first-order valence-corrected chi connectivity index (χ1v) is 8.91. The standard InChI is InChI=1S/C21H22N2O/c1-2-4-20-18(3-1)19-6-5-17(13-21(19)22-20)24-12-9-16-14-23-10-7-15(16)8-11-23/h1-6,9,13,15,22H,7-8,10-12,14H2/b16-9+. The highest BCUT2D eigenvalue weighted by Gasteiger charge is 2.28. The number of hydrogen-bond donors (Lipinski definition) is 1. The molecule has 1 aromatic heterocycles. The molecule has 4 heterocycles. The molecule has 3 aliphatic heterocycles. The molecule has 0 amide bonds. The minimum Gasteiger partial charge on any atom is -0.489 e. The summed E-state index contributed by atoms with van der Waals surface area (Å²) in [6, 6.07) is 14.8. The van der Waals surface area contributed by atoms with Crippen molar-refractivity contribution < 1.29 is 4.74 Å². The lowest BCUT2D eigenvalue weighted by Crippen LogP contribution is -2.43. The van der Waals surface area contributed by atoms with Crippen LogP contribution >= 0.6 is 0 Å². The van der Waals surface area contributed by atoms with Gasteiger partial charge in [-0.15, -0.1) is 0 Å². The smallest absolute Gasteiger partial charge is 0.121 e. The summed E-state index contributed by atoms with van der Waals surface area (Å²) < 4.78 is 6.01. The first-order valence-electron chi connectivity index (χ1n) is 8.91. The number of hydrogen-bond acceptors (Lipinski definition) is 2. The van der Waals surface area contributed by atoms with Crippen molar-refractivity contribution in [2.75, 3.05) is 26.2 Å². The van der Waals surface area contributed by atoms with Crippen LogP contribution in [0.5, 0.6) is 5.75 Å². The number of ether oxygens (including phenoxy) is 1. The maximum atomic E-state index is 6.01. The second-order valence-electron chi connectivity index (χ2n) is 7.02. The number of fused-ring (bicyclic) bond motifs is 6. The van der Waals surface area contributed by atoms with Gasteiger partial charge in [0, 0.05) is 28.9 Å². The maximum absolute atomic E-state index is 6.01. The van der Waals surface area contributed by atoms with Gasteiger partial charge in [0.15, 0.2) is 0 Å². The molecule has 3 saturated heterocycles. The zero-order valence-electron chi connectivity index (χ0n) is 13.8.